The van der Waals surface area contributed by atoms with Gasteiger partial charge in [-0.1, -0.05) is 20.3 Å². The Bertz CT molecular complexity index is 397. The molecule has 0 bridgehead atoms. The van der Waals surface area contributed by atoms with Crippen LogP contribution in [0.5, 0.6) is 11.5 Å². The molecule has 0 saturated heterocycles. The zero-order valence-electron chi connectivity index (χ0n) is 11.1. The predicted molar refractivity (Wildman–Crippen MR) is 70.8 cm³/mol. The first-order chi connectivity index (χ1) is 8.42. The maximum Gasteiger partial charge on any atom is 0.251 e. The molecule has 0 spiro atoms. The van der Waals surface area contributed by atoms with Crippen LogP contribution in [-0.2, 0) is 0 Å². The molecular formula is C14H21NO3. The molecule has 1 amide bonds. The fraction of sp³-hybridized carbons (Fsp3) is 0.500. The summed E-state index contributed by atoms with van der Waals surface area (Å²) in [5.74, 6) is 0.0411. The Morgan fingerprint density at radius 3 is 2.28 bits per heavy atom. The van der Waals surface area contributed by atoms with Crippen molar-refractivity contribution < 1.29 is 15.0 Å². The molecule has 18 heavy (non-hydrogen) atoms. The molecule has 2 atom stereocenters. The van der Waals surface area contributed by atoms with Crippen LogP contribution in [0.15, 0.2) is 18.2 Å². The van der Waals surface area contributed by atoms with E-state index in [1.807, 2.05) is 6.92 Å². The van der Waals surface area contributed by atoms with Crippen LogP contribution in [0.25, 0.3) is 0 Å². The molecule has 4 heteroatoms. The van der Waals surface area contributed by atoms with Gasteiger partial charge in [-0.15, -0.1) is 0 Å². The molecule has 0 saturated carbocycles. The Balaban J connectivity index is 2.64. The Morgan fingerprint density at radius 2 is 1.78 bits per heavy atom. The van der Waals surface area contributed by atoms with Gasteiger partial charge in [0.1, 0.15) is 11.5 Å². The summed E-state index contributed by atoms with van der Waals surface area (Å²) in [7, 11) is 0. The van der Waals surface area contributed by atoms with Crippen molar-refractivity contribution >= 4 is 5.91 Å². The van der Waals surface area contributed by atoms with Crippen LogP contribution in [-0.4, -0.2) is 22.2 Å². The van der Waals surface area contributed by atoms with Crippen molar-refractivity contribution in [3.8, 4) is 11.5 Å². The quantitative estimate of drug-likeness (QED) is 0.753. The number of phenols is 2. The topological polar surface area (TPSA) is 69.6 Å². The van der Waals surface area contributed by atoms with Gasteiger partial charge in [0.15, 0.2) is 0 Å². The second-order valence-corrected chi connectivity index (χ2v) is 4.86. The minimum absolute atomic E-state index is 0.0666. The Hall–Kier alpha value is -1.71. The summed E-state index contributed by atoms with van der Waals surface area (Å²) < 4.78 is 0. The average molecular weight is 251 g/mol. The van der Waals surface area contributed by atoms with Gasteiger partial charge in [0.05, 0.1) is 0 Å². The number of phenolic OH excluding ortho intramolecular Hbond substituents is 2. The molecule has 0 heterocycles. The number of amides is 1. The highest BCUT2D eigenvalue weighted by atomic mass is 16.3. The van der Waals surface area contributed by atoms with E-state index in [0.717, 1.165) is 12.8 Å². The van der Waals surface area contributed by atoms with E-state index in [1.165, 1.54) is 18.2 Å². The normalized spacial score (nSPS) is 13.9. The zero-order valence-corrected chi connectivity index (χ0v) is 11.1. The minimum atomic E-state index is -0.281. The largest absolute Gasteiger partial charge is 0.508 e. The van der Waals surface area contributed by atoms with E-state index in [0.29, 0.717) is 5.92 Å². The summed E-state index contributed by atoms with van der Waals surface area (Å²) in [5, 5.41) is 21.5. The van der Waals surface area contributed by atoms with Crippen molar-refractivity contribution in [2.24, 2.45) is 5.92 Å². The molecule has 1 aromatic carbocycles. The number of aromatic hydroxyl groups is 2. The first-order valence-corrected chi connectivity index (χ1v) is 6.26. The zero-order chi connectivity index (χ0) is 13.7. The van der Waals surface area contributed by atoms with E-state index in [2.05, 4.69) is 19.2 Å². The van der Waals surface area contributed by atoms with Crippen LogP contribution in [0.1, 0.15) is 44.0 Å². The number of benzene rings is 1. The standard InChI is InChI=1S/C14H21NO3/c1-4-9(2)5-10(3)15-14(18)11-6-12(16)8-13(17)7-11/h6-10,16-17H,4-5H2,1-3H3,(H,15,18). The van der Waals surface area contributed by atoms with E-state index < -0.39 is 0 Å². The average Bonchev–Trinajstić information content (AvgIpc) is 2.27. The highest BCUT2D eigenvalue weighted by molar-refractivity contribution is 5.95. The first kappa shape index (κ1) is 14.4. The lowest BCUT2D eigenvalue weighted by Crippen LogP contribution is -2.33. The molecule has 4 nitrogen and oxygen atoms in total. The van der Waals surface area contributed by atoms with Crippen molar-refractivity contribution in [1.82, 2.24) is 5.32 Å². The molecule has 0 fully saturated rings. The number of hydrogen-bond donors (Lipinski definition) is 3. The molecular weight excluding hydrogens is 230 g/mol. The van der Waals surface area contributed by atoms with Crippen molar-refractivity contribution in [2.75, 3.05) is 0 Å². The van der Waals surface area contributed by atoms with Crippen molar-refractivity contribution in [2.45, 2.75) is 39.7 Å². The summed E-state index contributed by atoms with van der Waals surface area (Å²) in [6, 6.07) is 3.94. The van der Waals surface area contributed by atoms with Crippen LogP contribution >= 0.6 is 0 Å². The Kier molecular flexibility index (Phi) is 5.01. The van der Waals surface area contributed by atoms with Gasteiger partial charge in [0.2, 0.25) is 0 Å². The molecule has 0 aromatic heterocycles. The van der Waals surface area contributed by atoms with E-state index in [1.54, 1.807) is 0 Å². The number of hydrogen-bond acceptors (Lipinski definition) is 3. The highest BCUT2D eigenvalue weighted by Gasteiger charge is 2.13. The van der Waals surface area contributed by atoms with E-state index in [-0.39, 0.29) is 29.0 Å². The van der Waals surface area contributed by atoms with Crippen LogP contribution in [0.3, 0.4) is 0 Å². The second kappa shape index (κ2) is 6.28. The highest BCUT2D eigenvalue weighted by Crippen LogP contribution is 2.20. The molecule has 2 unspecified atom stereocenters. The van der Waals surface area contributed by atoms with E-state index >= 15 is 0 Å². The van der Waals surface area contributed by atoms with Crippen molar-refractivity contribution in [1.29, 1.82) is 0 Å². The molecule has 1 rings (SSSR count). The number of nitrogens with one attached hydrogen (secondary N) is 1. The summed E-state index contributed by atoms with van der Waals surface area (Å²) >= 11 is 0. The minimum Gasteiger partial charge on any atom is -0.508 e. The summed E-state index contributed by atoms with van der Waals surface area (Å²) in [6.45, 7) is 6.21. The number of rotatable bonds is 5. The maximum atomic E-state index is 11.9. The molecule has 3 N–H and O–H groups in total. The lowest BCUT2D eigenvalue weighted by Gasteiger charge is -2.17. The smallest absolute Gasteiger partial charge is 0.251 e. The second-order valence-electron chi connectivity index (χ2n) is 4.86. The van der Waals surface area contributed by atoms with E-state index in [4.69, 9.17) is 0 Å². The van der Waals surface area contributed by atoms with Gasteiger partial charge in [-0.3, -0.25) is 4.79 Å². The van der Waals surface area contributed by atoms with Crippen molar-refractivity contribution in [3.63, 3.8) is 0 Å². The predicted octanol–water partition coefficient (Wildman–Crippen LogP) is 2.65. The number of carbonyl (C=O) groups excluding carboxylic acids is 1. The summed E-state index contributed by atoms with van der Waals surface area (Å²) in [5.41, 5.74) is 0.267. The van der Waals surface area contributed by atoms with Gasteiger partial charge in [0, 0.05) is 17.7 Å². The van der Waals surface area contributed by atoms with Gasteiger partial charge in [0.25, 0.3) is 5.91 Å². The SMILES string of the molecule is CCC(C)CC(C)NC(=O)c1cc(O)cc(O)c1. The third-order valence-corrected chi connectivity index (χ3v) is 3.00. The van der Waals surface area contributed by atoms with Gasteiger partial charge in [-0.2, -0.15) is 0 Å². The fourth-order valence-electron chi connectivity index (χ4n) is 1.86. The summed E-state index contributed by atoms with van der Waals surface area (Å²) in [4.78, 5) is 11.9. The molecule has 0 radical (unpaired) electrons. The van der Waals surface area contributed by atoms with Gasteiger partial charge in [-0.25, -0.2) is 0 Å². The molecule has 100 valence electrons. The maximum absolute atomic E-state index is 11.9. The fourth-order valence-corrected chi connectivity index (χ4v) is 1.86. The van der Waals surface area contributed by atoms with Crippen LogP contribution in [0.2, 0.25) is 0 Å². The molecule has 0 aliphatic heterocycles. The van der Waals surface area contributed by atoms with Gasteiger partial charge in [-0.05, 0) is 31.4 Å². The van der Waals surface area contributed by atoms with Crippen LogP contribution < -0.4 is 5.32 Å². The Labute approximate surface area is 108 Å². The first-order valence-electron chi connectivity index (χ1n) is 6.26. The molecule has 1 aromatic rings. The molecule has 0 aliphatic rings. The molecule has 0 aliphatic carbocycles. The monoisotopic (exact) mass is 251 g/mol. The lowest BCUT2D eigenvalue weighted by atomic mass is 10.00. The van der Waals surface area contributed by atoms with Gasteiger partial charge < -0.3 is 15.5 Å². The number of carbonyl (C=O) groups is 1. The van der Waals surface area contributed by atoms with Crippen LogP contribution in [0, 0.1) is 5.92 Å². The third-order valence-electron chi connectivity index (χ3n) is 3.00. The van der Waals surface area contributed by atoms with Gasteiger partial charge >= 0.3 is 0 Å². The lowest BCUT2D eigenvalue weighted by molar-refractivity contribution is 0.0934. The van der Waals surface area contributed by atoms with Crippen molar-refractivity contribution in [3.05, 3.63) is 23.8 Å². The third kappa shape index (κ3) is 4.28. The van der Waals surface area contributed by atoms with E-state index in [9.17, 15) is 15.0 Å². The van der Waals surface area contributed by atoms with Crippen LogP contribution in [0.4, 0.5) is 0 Å². The Morgan fingerprint density at radius 1 is 1.22 bits per heavy atom. The summed E-state index contributed by atoms with van der Waals surface area (Å²) in [6.07, 6.45) is 1.99.